The predicted molar refractivity (Wildman–Crippen MR) is 131 cm³/mol. The van der Waals surface area contributed by atoms with Gasteiger partial charge in [0.1, 0.15) is 16.9 Å². The van der Waals surface area contributed by atoms with E-state index in [4.69, 9.17) is 0 Å². The lowest BCUT2D eigenvalue weighted by Crippen LogP contribution is -2.37. The Morgan fingerprint density at radius 2 is 1.82 bits per heavy atom. The summed E-state index contributed by atoms with van der Waals surface area (Å²) in [5.41, 5.74) is 3.86. The molecule has 3 heterocycles. The quantitative estimate of drug-likeness (QED) is 0.400. The topological polar surface area (TPSA) is 65.1 Å². The number of H-pyrrole nitrogens is 1. The monoisotopic (exact) mass is 485 g/mol. The zero-order valence-corrected chi connectivity index (χ0v) is 19.7. The Bertz CT molecular complexity index is 1220. The van der Waals surface area contributed by atoms with Gasteiger partial charge in [0.25, 0.3) is 5.91 Å². The fourth-order valence-electron chi connectivity index (χ4n) is 4.18. The van der Waals surface area contributed by atoms with E-state index in [1.807, 2.05) is 41.8 Å². The number of benzene rings is 2. The average molecular weight is 486 g/mol. The maximum Gasteiger partial charge on any atom is 0.264 e. The van der Waals surface area contributed by atoms with Gasteiger partial charge in [-0.3, -0.25) is 4.79 Å². The maximum atomic E-state index is 14.8. The summed E-state index contributed by atoms with van der Waals surface area (Å²) in [6.45, 7) is 3.74. The van der Waals surface area contributed by atoms with E-state index in [-0.39, 0.29) is 30.7 Å². The largest absolute Gasteiger partial charge is 0.332 e. The van der Waals surface area contributed by atoms with Gasteiger partial charge in [0.05, 0.1) is 4.88 Å². The smallest absolute Gasteiger partial charge is 0.264 e. The highest BCUT2D eigenvalue weighted by atomic mass is 35.5. The Balaban J connectivity index is 0.00000259. The van der Waals surface area contributed by atoms with Crippen LogP contribution in [0.5, 0.6) is 0 Å². The van der Waals surface area contributed by atoms with E-state index in [0.29, 0.717) is 17.0 Å². The Labute approximate surface area is 201 Å². The number of aromatic amines is 1. The number of nitrogens with zero attached hydrogens (tertiary/aromatic N) is 4. The fourth-order valence-corrected chi connectivity index (χ4v) is 4.87. The molecule has 1 amide bonds. The highest BCUT2D eigenvalue weighted by molar-refractivity contribution is 7.12. The van der Waals surface area contributed by atoms with Gasteiger partial charge in [-0.1, -0.05) is 18.2 Å². The summed E-state index contributed by atoms with van der Waals surface area (Å²) in [7, 11) is 0. The van der Waals surface area contributed by atoms with Crippen LogP contribution < -0.4 is 0 Å². The predicted octanol–water partition coefficient (Wildman–Crippen LogP) is 4.99. The molecule has 0 atom stereocenters. The second kappa shape index (κ2) is 10.4. The summed E-state index contributed by atoms with van der Waals surface area (Å²) < 4.78 is 14.8. The number of halogens is 2. The third kappa shape index (κ3) is 5.24. The molecular formula is C24H25ClFN5OS. The third-order valence-electron chi connectivity index (χ3n) is 5.96. The van der Waals surface area contributed by atoms with Crippen molar-refractivity contribution in [1.29, 1.82) is 0 Å². The lowest BCUT2D eigenvalue weighted by atomic mass is 10.0. The number of hydrogen-bond donors (Lipinski definition) is 1. The summed E-state index contributed by atoms with van der Waals surface area (Å²) in [6, 6.07) is 14.5. The van der Waals surface area contributed by atoms with Crippen LogP contribution in [0.15, 0.2) is 53.9 Å². The molecule has 2 aromatic heterocycles. The number of likely N-dealkylation sites (tertiary alicyclic amines) is 1. The highest BCUT2D eigenvalue weighted by Crippen LogP contribution is 2.26. The Morgan fingerprint density at radius 1 is 1.06 bits per heavy atom. The number of rotatable bonds is 7. The van der Waals surface area contributed by atoms with E-state index in [2.05, 4.69) is 20.3 Å². The molecule has 9 heteroatoms. The minimum absolute atomic E-state index is 0. The number of carbonyl (C=O) groups excluding carboxylic acids is 1. The zero-order chi connectivity index (χ0) is 21.9. The molecule has 6 nitrogen and oxygen atoms in total. The molecule has 2 aromatic carbocycles. The molecular weight excluding hydrogens is 461 g/mol. The third-order valence-corrected chi connectivity index (χ3v) is 6.82. The van der Waals surface area contributed by atoms with Gasteiger partial charge in [0.2, 0.25) is 0 Å². The van der Waals surface area contributed by atoms with Crippen LogP contribution in [0.3, 0.4) is 0 Å². The van der Waals surface area contributed by atoms with Crippen molar-refractivity contribution in [3.63, 3.8) is 0 Å². The Kier molecular flexibility index (Phi) is 7.37. The lowest BCUT2D eigenvalue weighted by Gasteiger charge is -2.25. The van der Waals surface area contributed by atoms with Crippen LogP contribution >= 0.6 is 23.7 Å². The molecule has 0 unspecified atom stereocenters. The van der Waals surface area contributed by atoms with Crippen LogP contribution in [0, 0.1) is 5.82 Å². The summed E-state index contributed by atoms with van der Waals surface area (Å²) in [4.78, 5) is 18.0. The maximum absolute atomic E-state index is 14.8. The molecule has 0 saturated carbocycles. The van der Waals surface area contributed by atoms with Gasteiger partial charge in [-0.25, -0.2) is 4.39 Å². The van der Waals surface area contributed by atoms with Crippen molar-refractivity contribution in [3.8, 4) is 11.1 Å². The number of fused-ring (bicyclic) bond motifs is 1. The summed E-state index contributed by atoms with van der Waals surface area (Å²) in [6.07, 6.45) is 2.40. The van der Waals surface area contributed by atoms with E-state index in [1.54, 1.807) is 11.0 Å². The normalized spacial score (nSPS) is 13.8. The summed E-state index contributed by atoms with van der Waals surface area (Å²) in [5, 5.41) is 12.7. The molecule has 1 N–H and O–H groups in total. The molecule has 1 aliphatic rings. The van der Waals surface area contributed by atoms with Gasteiger partial charge in [-0.15, -0.1) is 23.7 Å². The van der Waals surface area contributed by atoms with E-state index in [1.165, 1.54) is 30.2 Å². The molecule has 0 aliphatic carbocycles. The second-order valence-electron chi connectivity index (χ2n) is 8.09. The first-order chi connectivity index (χ1) is 15.7. The van der Waals surface area contributed by atoms with E-state index >= 15 is 0 Å². The van der Waals surface area contributed by atoms with E-state index < -0.39 is 0 Å². The van der Waals surface area contributed by atoms with Crippen molar-refractivity contribution in [3.05, 3.63) is 70.2 Å². The number of carbonyl (C=O) groups is 1. The van der Waals surface area contributed by atoms with Gasteiger partial charge >= 0.3 is 0 Å². The first-order valence-corrected chi connectivity index (χ1v) is 11.7. The molecule has 1 saturated heterocycles. The standard InChI is InChI=1S/C24H24FN5OS.ClH/c25-20-7-5-17(18-6-8-21-22(15-18)27-28-26-21)14-19(20)16-30(12-11-29-9-1-2-10-29)24(31)23-4-3-13-32-23;/h3-8,13-15H,1-2,9-12,16H2,(H,26,27,28);1H. The van der Waals surface area contributed by atoms with Crippen molar-refractivity contribution >= 4 is 40.7 Å². The molecule has 33 heavy (non-hydrogen) atoms. The van der Waals surface area contributed by atoms with Crippen LogP contribution in [-0.4, -0.2) is 57.3 Å². The molecule has 172 valence electrons. The summed E-state index contributed by atoms with van der Waals surface area (Å²) >= 11 is 1.42. The number of hydrogen-bond acceptors (Lipinski definition) is 5. The van der Waals surface area contributed by atoms with Crippen molar-refractivity contribution in [2.75, 3.05) is 26.2 Å². The SMILES string of the molecule is Cl.O=C(c1cccs1)N(CCN1CCCC1)Cc1cc(-c2ccc3n[nH]nc3c2)ccc1F. The van der Waals surface area contributed by atoms with E-state index in [9.17, 15) is 9.18 Å². The highest BCUT2D eigenvalue weighted by Gasteiger charge is 2.21. The van der Waals surface area contributed by atoms with Crippen molar-refractivity contribution < 1.29 is 9.18 Å². The molecule has 5 rings (SSSR count). The lowest BCUT2D eigenvalue weighted by molar-refractivity contribution is 0.0730. The van der Waals surface area contributed by atoms with Crippen molar-refractivity contribution in [1.82, 2.24) is 25.2 Å². The van der Waals surface area contributed by atoms with Crippen LogP contribution in [0.2, 0.25) is 0 Å². The van der Waals surface area contributed by atoms with Crippen LogP contribution in [-0.2, 0) is 6.54 Å². The van der Waals surface area contributed by atoms with Gasteiger partial charge < -0.3 is 9.80 Å². The Morgan fingerprint density at radius 3 is 2.61 bits per heavy atom. The molecule has 0 radical (unpaired) electrons. The first-order valence-electron chi connectivity index (χ1n) is 10.8. The first kappa shape index (κ1) is 23.4. The molecule has 1 aliphatic heterocycles. The molecule has 0 bridgehead atoms. The minimum atomic E-state index is -0.304. The average Bonchev–Trinajstić information content (AvgIpc) is 3.59. The Hall–Kier alpha value is -2.81. The number of amides is 1. The summed E-state index contributed by atoms with van der Waals surface area (Å²) in [5.74, 6) is -0.352. The van der Waals surface area contributed by atoms with Gasteiger partial charge in [-0.2, -0.15) is 15.4 Å². The van der Waals surface area contributed by atoms with Crippen LogP contribution in [0.4, 0.5) is 4.39 Å². The number of thiophene rings is 1. The molecule has 0 spiro atoms. The van der Waals surface area contributed by atoms with Gasteiger partial charge in [-0.05, 0) is 72.8 Å². The zero-order valence-electron chi connectivity index (χ0n) is 18.0. The second-order valence-corrected chi connectivity index (χ2v) is 9.03. The number of aromatic nitrogens is 3. The van der Waals surface area contributed by atoms with E-state index in [0.717, 1.165) is 41.8 Å². The minimum Gasteiger partial charge on any atom is -0.332 e. The molecule has 4 aromatic rings. The van der Waals surface area contributed by atoms with Crippen molar-refractivity contribution in [2.45, 2.75) is 19.4 Å². The van der Waals surface area contributed by atoms with Crippen LogP contribution in [0.25, 0.3) is 22.2 Å². The van der Waals surface area contributed by atoms with Gasteiger partial charge in [0, 0.05) is 25.2 Å². The number of nitrogens with one attached hydrogen (secondary N) is 1. The molecule has 1 fully saturated rings. The van der Waals surface area contributed by atoms with Crippen LogP contribution in [0.1, 0.15) is 28.1 Å². The van der Waals surface area contributed by atoms with Crippen molar-refractivity contribution in [2.24, 2.45) is 0 Å². The fraction of sp³-hybridized carbons (Fsp3) is 0.292. The van der Waals surface area contributed by atoms with Gasteiger partial charge in [0.15, 0.2) is 0 Å².